The number of carboxylic acids is 1. The first kappa shape index (κ1) is 37.7. The normalized spacial score (nSPS) is 22.4. The van der Waals surface area contributed by atoms with Crippen LogP contribution in [0.5, 0.6) is 5.75 Å². The smallest absolute Gasteiger partial charge is 0.477 e. The van der Waals surface area contributed by atoms with Crippen LogP contribution in [0.1, 0.15) is 23.0 Å². The quantitative estimate of drug-likeness (QED) is 0.0659. The molecule has 52 heavy (non-hydrogen) atoms. The molecule has 278 valence electrons. The van der Waals surface area contributed by atoms with Crippen molar-refractivity contribution < 1.29 is 84.0 Å². The first-order valence-electron chi connectivity index (χ1n) is 13.9. The first-order valence-corrected chi connectivity index (χ1v) is 19.9. The number of carbonyl (C=O) groups is 1. The molecule has 8 N–H and O–H groups in total. The number of nitrogen functional groups attached to an aromatic ring is 1. The summed E-state index contributed by atoms with van der Waals surface area (Å²) in [5.41, 5.74) is 4.27. The van der Waals surface area contributed by atoms with E-state index in [0.717, 1.165) is 30.6 Å². The maximum Gasteiger partial charge on any atom is 0.536 e. The lowest BCUT2D eigenvalue weighted by Crippen LogP contribution is -2.26. The molecule has 4 heterocycles. The van der Waals surface area contributed by atoms with Crippen molar-refractivity contribution in [1.82, 2.24) is 24.5 Å². The Morgan fingerprint density at radius 2 is 1.65 bits per heavy atom. The van der Waals surface area contributed by atoms with Gasteiger partial charge in [0.25, 0.3) is 0 Å². The van der Waals surface area contributed by atoms with E-state index in [1.54, 1.807) is 0 Å². The van der Waals surface area contributed by atoms with E-state index in [-0.39, 0.29) is 40.2 Å². The van der Waals surface area contributed by atoms with E-state index >= 15 is 0 Å². The lowest BCUT2D eigenvalue weighted by molar-refractivity contribution is -0.0423. The Labute approximate surface area is 286 Å². The second-order valence-corrected chi connectivity index (χ2v) is 16.6. The lowest BCUT2D eigenvalue weighted by atomic mass is 10.1. The number of aromatic carboxylic acids is 1. The second-order valence-electron chi connectivity index (χ2n) is 10.5. The van der Waals surface area contributed by atoms with Gasteiger partial charge < -0.3 is 44.3 Å². The highest BCUT2D eigenvalue weighted by atomic mass is 31.3. The van der Waals surface area contributed by atoms with Gasteiger partial charge in [0.15, 0.2) is 33.8 Å². The Hall–Kier alpha value is -4.02. The number of rotatable bonds is 13. The number of aliphatic hydroxyl groups excluding tert-OH is 1. The number of nitrogens with two attached hydrogens (primary N) is 1. The zero-order chi connectivity index (χ0) is 37.8. The van der Waals surface area contributed by atoms with Crippen molar-refractivity contribution in [2.24, 2.45) is 0 Å². The van der Waals surface area contributed by atoms with Gasteiger partial charge in [-0.05, 0) is 24.3 Å². The van der Waals surface area contributed by atoms with Crippen molar-refractivity contribution in [3.05, 3.63) is 58.8 Å². The fourth-order valence-corrected chi connectivity index (χ4v) is 9.73. The Morgan fingerprint density at radius 3 is 2.37 bits per heavy atom. The molecular formula is C23H22N6O19P4. The van der Waals surface area contributed by atoms with Gasteiger partial charge in [-0.15, -0.1) is 0 Å². The molecule has 25 nitrogen and oxygen atoms in total. The van der Waals surface area contributed by atoms with Crippen LogP contribution in [-0.4, -0.2) is 79.1 Å². The molecule has 0 bridgehead atoms. The molecule has 0 amide bonds. The summed E-state index contributed by atoms with van der Waals surface area (Å²) in [6.07, 6.45) is -1.25. The Balaban J connectivity index is 1.07. The lowest BCUT2D eigenvalue weighted by Gasteiger charge is -2.21. The third-order valence-corrected chi connectivity index (χ3v) is 12.7. The summed E-state index contributed by atoms with van der Waals surface area (Å²) in [7, 11) is -23.7. The number of aromatic nitrogens is 5. The van der Waals surface area contributed by atoms with E-state index in [1.807, 2.05) is 0 Å². The van der Waals surface area contributed by atoms with E-state index in [0.29, 0.717) is 0 Å². The summed E-state index contributed by atoms with van der Waals surface area (Å²) in [5.74, 6) is -2.65. The highest BCUT2D eigenvalue weighted by Gasteiger charge is 2.47. The van der Waals surface area contributed by atoms with Crippen LogP contribution in [0.4, 0.5) is 5.82 Å². The number of aliphatic hydroxyl groups is 1. The number of benzene rings is 2. The standard InChI is InChI=1S/C23H22N6O19P4/c24-21-19-22(26-8-25-21)29(9-27-19)17-6-14(31)16(43-17)7-42-49(34,35)46-51(38,39)48-52(40,41)47-50(36,37)45-10-1-2-11-15(5-10)44-20-12(28-11)3-4-13(30)18(20)23(32)33/h1-5,8-9,14,16-17,31H,6-7H2,(H,32,33)(H,34,35)(H,36,37)(H,38,39)(H,40,41)(H2,24,25,26)/t14?,16-,17-/m1/s1. The van der Waals surface area contributed by atoms with Gasteiger partial charge in [0.05, 0.1) is 19.0 Å². The minimum Gasteiger partial charge on any atom is -0.477 e. The topological polar surface area (TPSA) is 375 Å². The summed E-state index contributed by atoms with van der Waals surface area (Å²) in [4.78, 5) is 79.4. The van der Waals surface area contributed by atoms with Crippen LogP contribution in [0.25, 0.3) is 33.7 Å². The molecule has 3 aromatic rings. The zero-order valence-corrected chi connectivity index (χ0v) is 28.9. The van der Waals surface area contributed by atoms with Gasteiger partial charge in [-0.2, -0.15) is 12.9 Å². The maximum atomic E-state index is 12.5. The molecule has 0 spiro atoms. The summed E-state index contributed by atoms with van der Waals surface area (Å²) in [5, 5.41) is 19.8. The Morgan fingerprint density at radius 1 is 0.962 bits per heavy atom. The minimum atomic E-state index is -6.16. The van der Waals surface area contributed by atoms with Crippen LogP contribution >= 0.6 is 31.3 Å². The van der Waals surface area contributed by atoms with Crippen molar-refractivity contribution in [2.75, 3.05) is 12.3 Å². The van der Waals surface area contributed by atoms with E-state index < -0.39 is 84.8 Å². The molecule has 2 aliphatic heterocycles. The number of phosphoric ester groups is 2. The molecular weight excluding hydrogens is 788 g/mol. The molecule has 1 saturated heterocycles. The zero-order valence-electron chi connectivity index (χ0n) is 25.3. The predicted molar refractivity (Wildman–Crippen MR) is 167 cm³/mol. The number of nitrogens with zero attached hydrogens (tertiary/aromatic N) is 5. The number of carboxylic acid groups (broad SMARTS) is 1. The van der Waals surface area contributed by atoms with Crippen molar-refractivity contribution in [3.63, 3.8) is 0 Å². The SMILES string of the molecule is Nc1ncnc2c1ncn2[C@H]1CC(O)[C@@H](COP(=O)(O)OP(=O)(O)OP(=O)(O)OP(=O)(O)Oc2ccc3nc4ccc(=O)c(C(=O)O)c-4oc3c2)O1. The van der Waals surface area contributed by atoms with Gasteiger partial charge in [-0.1, -0.05) is 0 Å². The monoisotopic (exact) mass is 810 g/mol. The Kier molecular flexibility index (Phi) is 9.98. The van der Waals surface area contributed by atoms with Gasteiger partial charge in [-0.25, -0.2) is 43.0 Å². The Bertz CT molecular complexity index is 2440. The van der Waals surface area contributed by atoms with Gasteiger partial charge in [0, 0.05) is 12.5 Å². The molecule has 7 atom stereocenters. The number of imidazole rings is 1. The van der Waals surface area contributed by atoms with Crippen LogP contribution in [-0.2, 0) is 40.5 Å². The number of fused-ring (bicyclic) bond motifs is 3. The van der Waals surface area contributed by atoms with Crippen molar-refractivity contribution in [1.29, 1.82) is 0 Å². The van der Waals surface area contributed by atoms with E-state index in [2.05, 4.69) is 41.9 Å². The van der Waals surface area contributed by atoms with Gasteiger partial charge in [0.1, 0.15) is 41.1 Å². The number of ether oxygens (including phenoxy) is 1. The first-order chi connectivity index (χ1) is 24.2. The summed E-state index contributed by atoms with van der Waals surface area (Å²) < 4.78 is 83.1. The predicted octanol–water partition coefficient (Wildman–Crippen LogP) is 1.91. The minimum absolute atomic E-state index is 0.0269. The third-order valence-electron chi connectivity index (χ3n) is 6.84. The summed E-state index contributed by atoms with van der Waals surface area (Å²) in [6, 6.07) is 5.14. The molecule has 6 rings (SSSR count). The van der Waals surface area contributed by atoms with Crippen molar-refractivity contribution >= 4 is 65.3 Å². The summed E-state index contributed by atoms with van der Waals surface area (Å²) in [6.45, 7) is -0.943. The van der Waals surface area contributed by atoms with Crippen LogP contribution in [0, 0.1) is 0 Å². The molecule has 0 radical (unpaired) electrons. The van der Waals surface area contributed by atoms with E-state index in [4.69, 9.17) is 14.9 Å². The van der Waals surface area contributed by atoms with Crippen LogP contribution in [0.3, 0.4) is 0 Å². The van der Waals surface area contributed by atoms with E-state index in [9.17, 15) is 57.6 Å². The highest BCUT2D eigenvalue weighted by molar-refractivity contribution is 7.69. The number of hydrogen-bond acceptors (Lipinski definition) is 19. The number of anilines is 1. The average molecular weight is 810 g/mol. The van der Waals surface area contributed by atoms with Crippen molar-refractivity contribution in [2.45, 2.75) is 24.9 Å². The van der Waals surface area contributed by atoms with Gasteiger partial charge >= 0.3 is 37.3 Å². The average Bonchev–Trinajstić information content (AvgIpc) is 3.60. The maximum absolute atomic E-state index is 12.5. The molecule has 5 unspecified atom stereocenters. The number of phosphoric acid groups is 4. The largest absolute Gasteiger partial charge is 0.536 e. The van der Waals surface area contributed by atoms with E-state index in [1.165, 1.54) is 17.0 Å². The molecule has 2 aromatic heterocycles. The highest BCUT2D eigenvalue weighted by Crippen LogP contribution is 2.71. The second kappa shape index (κ2) is 13.8. The third kappa shape index (κ3) is 8.28. The molecule has 0 saturated carbocycles. The molecule has 1 fully saturated rings. The molecule has 1 aromatic carbocycles. The molecule has 3 aliphatic rings. The fraction of sp³-hybridized carbons (Fsp3) is 0.217. The number of hydrogen-bond donors (Lipinski definition) is 7. The van der Waals surface area contributed by atoms with Crippen LogP contribution in [0.2, 0.25) is 0 Å². The van der Waals surface area contributed by atoms with Crippen LogP contribution in [0.15, 0.2) is 52.2 Å². The van der Waals surface area contributed by atoms with Gasteiger partial charge in [0.2, 0.25) is 0 Å². The van der Waals surface area contributed by atoms with Crippen LogP contribution < -0.4 is 15.7 Å². The molecule has 29 heteroatoms. The molecule has 1 aliphatic carbocycles. The van der Waals surface area contributed by atoms with Crippen molar-refractivity contribution in [3.8, 4) is 17.2 Å². The summed E-state index contributed by atoms with van der Waals surface area (Å²) >= 11 is 0. The van der Waals surface area contributed by atoms with Gasteiger partial charge in [-0.3, -0.25) is 18.8 Å². The fourth-order valence-electron chi connectivity index (χ4n) is 4.79.